The Labute approximate surface area is 141 Å². The van der Waals surface area contributed by atoms with Gasteiger partial charge in [0.25, 0.3) is 11.8 Å². The molecule has 0 saturated carbocycles. The maximum absolute atomic E-state index is 12.3. The topological polar surface area (TPSA) is 99.7 Å². The fourth-order valence-corrected chi connectivity index (χ4v) is 1.89. The van der Waals surface area contributed by atoms with Crippen molar-refractivity contribution in [1.29, 1.82) is 0 Å². The summed E-state index contributed by atoms with van der Waals surface area (Å²) in [6.45, 7) is 5.47. The summed E-state index contributed by atoms with van der Waals surface area (Å²) in [5.41, 5.74) is 1.18. The number of benzene rings is 1. The molecule has 0 aliphatic heterocycles. The fraction of sp³-hybridized carbons (Fsp3) is 0.412. The number of carbonyl (C=O) groups excluding carboxylic acids is 2. The summed E-state index contributed by atoms with van der Waals surface area (Å²) in [5, 5.41) is 14.4. The van der Waals surface area contributed by atoms with Gasteiger partial charge in [0.2, 0.25) is 0 Å². The van der Waals surface area contributed by atoms with E-state index in [1.807, 2.05) is 0 Å². The van der Waals surface area contributed by atoms with Crippen LogP contribution in [0.2, 0.25) is 0 Å². The van der Waals surface area contributed by atoms with Crippen molar-refractivity contribution in [3.8, 4) is 17.6 Å². The summed E-state index contributed by atoms with van der Waals surface area (Å²) in [6, 6.07) is 5.51. The lowest BCUT2D eigenvalue weighted by atomic mass is 9.93. The van der Waals surface area contributed by atoms with Crippen LogP contribution in [-0.2, 0) is 4.79 Å². The van der Waals surface area contributed by atoms with Crippen molar-refractivity contribution >= 4 is 11.8 Å². The van der Waals surface area contributed by atoms with E-state index in [1.165, 1.54) is 0 Å². The van der Waals surface area contributed by atoms with E-state index >= 15 is 0 Å². The van der Waals surface area contributed by atoms with Gasteiger partial charge in [0.05, 0.1) is 0 Å². The van der Waals surface area contributed by atoms with Crippen LogP contribution in [0.4, 0.5) is 0 Å². The standard InChI is InChI=1S/C17H23N3O4/c1-5-6-11-24-13-9-7-12(8-10-13)15(21)19-14(16(22)20-23)17(2,3)18-4/h7-10,14,18,23H,11H2,1-4H3,(H,19,21)(H,20,22)/t14-/m1/s1. The van der Waals surface area contributed by atoms with Crippen LogP contribution in [0.25, 0.3) is 0 Å². The summed E-state index contributed by atoms with van der Waals surface area (Å²) in [5.74, 6) is 4.94. The van der Waals surface area contributed by atoms with E-state index in [1.54, 1.807) is 57.6 Å². The van der Waals surface area contributed by atoms with Gasteiger partial charge in [-0.15, -0.1) is 5.92 Å². The number of hydrogen-bond donors (Lipinski definition) is 4. The molecule has 0 radical (unpaired) electrons. The van der Waals surface area contributed by atoms with Crippen LogP contribution in [-0.4, -0.2) is 42.3 Å². The van der Waals surface area contributed by atoms with Gasteiger partial charge in [-0.3, -0.25) is 14.8 Å². The van der Waals surface area contributed by atoms with Gasteiger partial charge in [0.15, 0.2) is 0 Å². The number of likely N-dealkylation sites (N-methyl/N-ethyl adjacent to an activating group) is 1. The molecular formula is C17H23N3O4. The molecule has 24 heavy (non-hydrogen) atoms. The molecule has 0 spiro atoms. The molecular weight excluding hydrogens is 310 g/mol. The second-order valence-corrected chi connectivity index (χ2v) is 5.59. The Bertz CT molecular complexity index is 629. The van der Waals surface area contributed by atoms with E-state index in [0.717, 1.165) is 0 Å². The Morgan fingerprint density at radius 3 is 2.42 bits per heavy atom. The quantitative estimate of drug-likeness (QED) is 0.334. The van der Waals surface area contributed by atoms with Crippen LogP contribution in [0.5, 0.6) is 5.75 Å². The van der Waals surface area contributed by atoms with E-state index in [0.29, 0.717) is 11.3 Å². The largest absolute Gasteiger partial charge is 0.481 e. The smallest absolute Gasteiger partial charge is 0.267 e. The molecule has 0 aliphatic rings. The van der Waals surface area contributed by atoms with Crippen LogP contribution < -0.4 is 20.9 Å². The van der Waals surface area contributed by atoms with E-state index in [2.05, 4.69) is 22.5 Å². The minimum absolute atomic E-state index is 0.275. The first-order valence-corrected chi connectivity index (χ1v) is 7.42. The predicted octanol–water partition coefficient (Wildman–Crippen LogP) is 0.691. The van der Waals surface area contributed by atoms with E-state index in [-0.39, 0.29) is 6.61 Å². The van der Waals surface area contributed by atoms with Crippen molar-refractivity contribution in [2.45, 2.75) is 32.4 Å². The number of nitrogens with one attached hydrogen (secondary N) is 3. The zero-order valence-electron chi connectivity index (χ0n) is 14.3. The average molecular weight is 333 g/mol. The van der Waals surface area contributed by atoms with Crippen molar-refractivity contribution in [3.05, 3.63) is 29.8 Å². The normalized spacial score (nSPS) is 11.7. The molecule has 0 bridgehead atoms. The van der Waals surface area contributed by atoms with Crippen LogP contribution in [0.3, 0.4) is 0 Å². The summed E-state index contributed by atoms with van der Waals surface area (Å²) in [7, 11) is 1.66. The summed E-state index contributed by atoms with van der Waals surface area (Å²) in [4.78, 5) is 24.2. The number of hydroxylamine groups is 1. The number of hydrogen-bond acceptors (Lipinski definition) is 5. The number of ether oxygens (including phenoxy) is 1. The molecule has 1 aromatic rings. The molecule has 4 N–H and O–H groups in total. The highest BCUT2D eigenvalue weighted by Crippen LogP contribution is 2.14. The highest BCUT2D eigenvalue weighted by molar-refractivity contribution is 5.97. The van der Waals surface area contributed by atoms with Crippen LogP contribution in [0.1, 0.15) is 31.1 Å². The Morgan fingerprint density at radius 2 is 1.92 bits per heavy atom. The SMILES string of the molecule is CC#CCOc1ccc(C(=O)N[C@H](C(=O)NO)C(C)(C)NC)cc1. The predicted molar refractivity (Wildman–Crippen MR) is 89.7 cm³/mol. The lowest BCUT2D eigenvalue weighted by molar-refractivity contribution is -0.132. The second-order valence-electron chi connectivity index (χ2n) is 5.59. The first-order valence-electron chi connectivity index (χ1n) is 7.42. The molecule has 0 aromatic heterocycles. The van der Waals surface area contributed by atoms with Crippen LogP contribution in [0.15, 0.2) is 24.3 Å². The molecule has 0 aliphatic carbocycles. The Morgan fingerprint density at radius 1 is 1.29 bits per heavy atom. The van der Waals surface area contributed by atoms with Crippen molar-refractivity contribution in [1.82, 2.24) is 16.1 Å². The minimum Gasteiger partial charge on any atom is -0.481 e. The molecule has 0 heterocycles. The number of carbonyl (C=O) groups is 2. The van der Waals surface area contributed by atoms with E-state index in [4.69, 9.17) is 9.94 Å². The summed E-state index contributed by atoms with van der Waals surface area (Å²) in [6.07, 6.45) is 0. The van der Waals surface area contributed by atoms with Gasteiger partial charge in [0, 0.05) is 11.1 Å². The number of amides is 2. The van der Waals surface area contributed by atoms with Crippen molar-refractivity contribution in [2.24, 2.45) is 0 Å². The highest BCUT2D eigenvalue weighted by Gasteiger charge is 2.35. The van der Waals surface area contributed by atoms with Gasteiger partial charge in [-0.2, -0.15) is 0 Å². The second kappa shape index (κ2) is 8.91. The third-order valence-electron chi connectivity index (χ3n) is 3.62. The summed E-state index contributed by atoms with van der Waals surface area (Å²) >= 11 is 0. The maximum atomic E-state index is 12.3. The Hall–Kier alpha value is -2.56. The molecule has 7 heteroatoms. The van der Waals surface area contributed by atoms with Crippen LogP contribution in [0, 0.1) is 11.8 Å². The Kier molecular flexibility index (Phi) is 7.24. The van der Waals surface area contributed by atoms with Crippen molar-refractivity contribution in [3.63, 3.8) is 0 Å². The van der Waals surface area contributed by atoms with Crippen LogP contribution >= 0.6 is 0 Å². The molecule has 2 amide bonds. The number of rotatable bonds is 7. The molecule has 1 aromatic carbocycles. The third kappa shape index (κ3) is 5.26. The molecule has 130 valence electrons. The molecule has 1 atom stereocenters. The molecule has 0 saturated heterocycles. The molecule has 7 nitrogen and oxygen atoms in total. The first-order chi connectivity index (χ1) is 11.4. The van der Waals surface area contributed by atoms with E-state index in [9.17, 15) is 9.59 Å². The molecule has 0 fully saturated rings. The van der Waals surface area contributed by atoms with Gasteiger partial charge < -0.3 is 15.4 Å². The van der Waals surface area contributed by atoms with Gasteiger partial charge in [0.1, 0.15) is 18.4 Å². The lowest BCUT2D eigenvalue weighted by Gasteiger charge is -2.32. The third-order valence-corrected chi connectivity index (χ3v) is 3.62. The monoisotopic (exact) mass is 333 g/mol. The maximum Gasteiger partial charge on any atom is 0.267 e. The fourth-order valence-electron chi connectivity index (χ4n) is 1.89. The summed E-state index contributed by atoms with van der Waals surface area (Å²) < 4.78 is 5.38. The zero-order valence-corrected chi connectivity index (χ0v) is 14.3. The van der Waals surface area contributed by atoms with Crippen molar-refractivity contribution in [2.75, 3.05) is 13.7 Å². The van der Waals surface area contributed by atoms with Gasteiger partial charge in [-0.25, -0.2) is 5.48 Å². The molecule has 0 unspecified atom stereocenters. The van der Waals surface area contributed by atoms with E-state index < -0.39 is 23.4 Å². The van der Waals surface area contributed by atoms with Gasteiger partial charge >= 0.3 is 0 Å². The minimum atomic E-state index is -0.962. The Balaban J connectivity index is 2.83. The lowest BCUT2D eigenvalue weighted by Crippen LogP contribution is -2.62. The average Bonchev–Trinajstić information content (AvgIpc) is 2.59. The zero-order chi connectivity index (χ0) is 18.2. The van der Waals surface area contributed by atoms with Gasteiger partial charge in [-0.1, -0.05) is 5.92 Å². The first kappa shape index (κ1) is 19.5. The van der Waals surface area contributed by atoms with Crippen molar-refractivity contribution < 1.29 is 19.5 Å². The van der Waals surface area contributed by atoms with Gasteiger partial charge in [-0.05, 0) is 52.1 Å². The highest BCUT2D eigenvalue weighted by atomic mass is 16.5. The molecule has 1 rings (SSSR count).